The maximum Gasteiger partial charge on any atom is 0.216 e. The molecule has 4 rings (SSSR count). The van der Waals surface area contributed by atoms with Gasteiger partial charge in [0.05, 0.1) is 12.1 Å². The number of hydrogen-bond donors (Lipinski definition) is 0. The minimum Gasteiger partial charge on any atom is -0.455 e. The quantitative estimate of drug-likeness (QED) is 0.354. The molecule has 2 heterocycles. The second-order valence-corrected chi connectivity index (χ2v) is 5.83. The first-order valence-electron chi connectivity index (χ1n) is 7.58. The Hall–Kier alpha value is -3.19. The van der Waals surface area contributed by atoms with Gasteiger partial charge >= 0.3 is 0 Å². The lowest BCUT2D eigenvalue weighted by molar-refractivity contribution is -0.660. The van der Waals surface area contributed by atoms with Crippen molar-refractivity contribution in [2.75, 3.05) is 0 Å². The van der Waals surface area contributed by atoms with Crippen molar-refractivity contribution in [2.24, 2.45) is 7.05 Å². The van der Waals surface area contributed by atoms with Crippen molar-refractivity contribution in [3.63, 3.8) is 0 Å². The highest BCUT2D eigenvalue weighted by atomic mass is 19.1. The molecule has 0 saturated carbocycles. The predicted molar refractivity (Wildman–Crippen MR) is 91.3 cm³/mol. The first-order chi connectivity index (χ1) is 11.6. The second kappa shape index (κ2) is 5.17. The minimum atomic E-state index is -0.280. The van der Waals surface area contributed by atoms with Gasteiger partial charge in [0, 0.05) is 28.5 Å². The summed E-state index contributed by atoms with van der Waals surface area (Å²) >= 11 is 0. The van der Waals surface area contributed by atoms with Gasteiger partial charge in [-0.15, -0.1) is 0 Å². The summed E-state index contributed by atoms with van der Waals surface area (Å²) < 4.78 is 22.6. The van der Waals surface area contributed by atoms with Gasteiger partial charge in [-0.3, -0.25) is 0 Å². The van der Waals surface area contributed by atoms with Crippen LogP contribution < -0.4 is 4.57 Å². The average molecular weight is 317 g/mol. The third kappa shape index (κ3) is 1.99. The molecule has 0 spiro atoms. The number of rotatable bonds is 1. The fraction of sp³-hybridized carbons (Fsp3) is 0.100. The second-order valence-electron chi connectivity index (χ2n) is 5.83. The molecule has 0 aliphatic heterocycles. The van der Waals surface area contributed by atoms with E-state index in [1.165, 1.54) is 6.07 Å². The van der Waals surface area contributed by atoms with Gasteiger partial charge in [-0.25, -0.2) is 13.8 Å². The van der Waals surface area contributed by atoms with Crippen molar-refractivity contribution in [3.05, 3.63) is 71.5 Å². The summed E-state index contributed by atoms with van der Waals surface area (Å²) in [6, 6.07) is 12.5. The van der Waals surface area contributed by atoms with Gasteiger partial charge in [-0.05, 0) is 31.2 Å². The van der Waals surface area contributed by atoms with E-state index in [4.69, 9.17) is 11.0 Å². The van der Waals surface area contributed by atoms with Gasteiger partial charge in [-0.2, -0.15) is 0 Å². The molecular weight excluding hydrogens is 303 g/mol. The van der Waals surface area contributed by atoms with Crippen molar-refractivity contribution in [1.29, 1.82) is 0 Å². The molecule has 0 N–H and O–H groups in total. The van der Waals surface area contributed by atoms with E-state index in [0.717, 1.165) is 16.6 Å². The van der Waals surface area contributed by atoms with Crippen LogP contribution >= 0.6 is 0 Å². The third-order valence-corrected chi connectivity index (χ3v) is 4.38. The van der Waals surface area contributed by atoms with E-state index in [2.05, 4.69) is 4.85 Å². The highest BCUT2D eigenvalue weighted by Gasteiger charge is 2.22. The normalized spacial score (nSPS) is 11.1. The summed E-state index contributed by atoms with van der Waals surface area (Å²) in [5.74, 6) is -0.280. The summed E-state index contributed by atoms with van der Waals surface area (Å²) in [6.07, 6.45) is 1.92. The van der Waals surface area contributed by atoms with Crippen LogP contribution in [0.2, 0.25) is 0 Å². The van der Waals surface area contributed by atoms with Crippen molar-refractivity contribution in [3.8, 4) is 11.3 Å². The van der Waals surface area contributed by atoms with E-state index < -0.39 is 0 Å². The number of hydrogen-bond acceptors (Lipinski definition) is 1. The van der Waals surface area contributed by atoms with Crippen LogP contribution in [0.5, 0.6) is 0 Å². The molecule has 0 bridgehead atoms. The summed E-state index contributed by atoms with van der Waals surface area (Å²) in [6.45, 7) is 8.94. The number of benzene rings is 2. The molecular formula is C20H14FN2O+. The lowest BCUT2D eigenvalue weighted by atomic mass is 10.00. The summed E-state index contributed by atoms with van der Waals surface area (Å²) in [7, 11) is 1.92. The van der Waals surface area contributed by atoms with Crippen molar-refractivity contribution >= 4 is 27.6 Å². The standard InChI is InChI=1S/C20H14FN2O/c1-12-16(21)11-15-14-10-13(22-2)7-8-18(14)24-20(15)19(12)17-6-4-5-9-23(17)3/h4-11H,1,3H3/q+1. The maximum atomic E-state index is 14.6. The smallest absolute Gasteiger partial charge is 0.216 e. The molecule has 0 atom stereocenters. The van der Waals surface area contributed by atoms with Gasteiger partial charge in [0.15, 0.2) is 11.9 Å². The monoisotopic (exact) mass is 317 g/mol. The number of aryl methyl sites for hydroxylation is 1. The van der Waals surface area contributed by atoms with Crippen molar-refractivity contribution in [1.82, 2.24) is 0 Å². The molecule has 0 fully saturated rings. The Morgan fingerprint density at radius 1 is 1.12 bits per heavy atom. The number of fused-ring (bicyclic) bond motifs is 3. The van der Waals surface area contributed by atoms with Crippen LogP contribution in [-0.4, -0.2) is 0 Å². The molecule has 0 radical (unpaired) electrons. The highest BCUT2D eigenvalue weighted by Crippen LogP contribution is 2.39. The van der Waals surface area contributed by atoms with Crippen LogP contribution in [-0.2, 0) is 7.05 Å². The fourth-order valence-electron chi connectivity index (χ4n) is 3.12. The van der Waals surface area contributed by atoms with E-state index in [0.29, 0.717) is 27.8 Å². The molecule has 0 unspecified atom stereocenters. The molecule has 0 aliphatic rings. The Morgan fingerprint density at radius 3 is 2.71 bits per heavy atom. The van der Waals surface area contributed by atoms with E-state index in [1.54, 1.807) is 25.1 Å². The summed E-state index contributed by atoms with van der Waals surface area (Å²) in [5, 5.41) is 1.45. The van der Waals surface area contributed by atoms with Crippen LogP contribution in [0, 0.1) is 19.3 Å². The molecule has 0 aliphatic carbocycles. The number of nitrogens with zero attached hydrogens (tertiary/aromatic N) is 2. The first kappa shape index (κ1) is 14.4. The SMILES string of the molecule is [C-]#[N+]c1ccc2oc3c(-c4cccc[n+]4C)c(C)c(F)cc3c2c1. The molecule has 0 saturated heterocycles. The molecule has 24 heavy (non-hydrogen) atoms. The Morgan fingerprint density at radius 2 is 1.96 bits per heavy atom. The van der Waals surface area contributed by atoms with E-state index >= 15 is 0 Å². The van der Waals surface area contributed by atoms with Gasteiger partial charge in [0.1, 0.15) is 24.0 Å². The predicted octanol–water partition coefficient (Wildman–Crippen LogP) is 5.08. The zero-order chi connectivity index (χ0) is 16.8. The molecule has 2 aromatic heterocycles. The van der Waals surface area contributed by atoms with Crippen LogP contribution in [0.15, 0.2) is 53.1 Å². The Labute approximate surface area is 138 Å². The van der Waals surface area contributed by atoms with E-state index in [9.17, 15) is 4.39 Å². The molecule has 4 aromatic rings. The molecule has 2 aromatic carbocycles. The van der Waals surface area contributed by atoms with Gasteiger partial charge in [0.25, 0.3) is 0 Å². The zero-order valence-electron chi connectivity index (χ0n) is 13.3. The van der Waals surface area contributed by atoms with E-state index in [1.807, 2.05) is 36.0 Å². The topological polar surface area (TPSA) is 21.4 Å². The van der Waals surface area contributed by atoms with Crippen molar-refractivity contribution < 1.29 is 13.4 Å². The van der Waals surface area contributed by atoms with Crippen LogP contribution in [0.4, 0.5) is 10.1 Å². The number of halogens is 1. The number of pyridine rings is 1. The average Bonchev–Trinajstić information content (AvgIpc) is 2.94. The highest BCUT2D eigenvalue weighted by molar-refractivity contribution is 6.10. The summed E-state index contributed by atoms with van der Waals surface area (Å²) in [5.41, 5.74) is 3.99. The first-order valence-corrected chi connectivity index (χ1v) is 7.58. The van der Waals surface area contributed by atoms with Crippen molar-refractivity contribution in [2.45, 2.75) is 6.92 Å². The molecule has 3 nitrogen and oxygen atoms in total. The lowest BCUT2D eigenvalue weighted by Crippen LogP contribution is -2.30. The summed E-state index contributed by atoms with van der Waals surface area (Å²) in [4.78, 5) is 3.45. The van der Waals surface area contributed by atoms with Crippen LogP contribution in [0.1, 0.15) is 5.56 Å². The largest absolute Gasteiger partial charge is 0.455 e. The molecule has 0 amide bonds. The van der Waals surface area contributed by atoms with Gasteiger partial charge in [-0.1, -0.05) is 6.07 Å². The van der Waals surface area contributed by atoms with Crippen LogP contribution in [0.25, 0.3) is 38.0 Å². The molecule has 4 heteroatoms. The fourth-order valence-corrected chi connectivity index (χ4v) is 3.12. The lowest BCUT2D eigenvalue weighted by Gasteiger charge is -2.06. The number of furan rings is 1. The van der Waals surface area contributed by atoms with Gasteiger partial charge in [0.2, 0.25) is 5.69 Å². The Bertz CT molecular complexity index is 1150. The van der Waals surface area contributed by atoms with Gasteiger partial charge < -0.3 is 4.42 Å². The van der Waals surface area contributed by atoms with Crippen LogP contribution in [0.3, 0.4) is 0 Å². The van der Waals surface area contributed by atoms with E-state index in [-0.39, 0.29) is 5.82 Å². The zero-order valence-corrected chi connectivity index (χ0v) is 13.3. The minimum absolute atomic E-state index is 0.280. The molecule has 116 valence electrons. The third-order valence-electron chi connectivity index (χ3n) is 4.38. The maximum absolute atomic E-state index is 14.6. The number of aromatic nitrogens is 1. The Balaban J connectivity index is 2.19. The Kier molecular flexibility index (Phi) is 3.10.